The number of hydrogen-bond donors (Lipinski definition) is 0. The Morgan fingerprint density at radius 2 is 1.14 bits per heavy atom. The smallest absolute Gasteiger partial charge is 0.354 e. The van der Waals surface area contributed by atoms with Gasteiger partial charge in [0, 0.05) is 34.1 Å². The second-order valence-corrected chi connectivity index (χ2v) is 12.1. The average molecular weight is 330 g/mol. The number of nitrogens with zero attached hydrogens (tertiary/aromatic N) is 1. The van der Waals surface area contributed by atoms with Crippen LogP contribution in [-0.2, 0) is 17.7 Å². The molecule has 0 unspecified atom stereocenters. The lowest BCUT2D eigenvalue weighted by atomic mass is 10.3. The van der Waals surface area contributed by atoms with Crippen molar-refractivity contribution in [3.8, 4) is 0 Å². The molecule has 0 saturated carbocycles. The van der Waals surface area contributed by atoms with Crippen LogP contribution in [0.1, 0.15) is 0 Å². The van der Waals surface area contributed by atoms with Crippen molar-refractivity contribution in [3.05, 3.63) is 30.3 Å². The molecule has 1 rings (SSSR count). The molecule has 0 fully saturated rings. The monoisotopic (exact) mass is 329 g/mol. The van der Waals surface area contributed by atoms with E-state index in [2.05, 4.69) is 30.1 Å². The first-order valence-electron chi connectivity index (χ1n) is 6.92. The second kappa shape index (κ2) is 8.07. The summed E-state index contributed by atoms with van der Waals surface area (Å²) in [6.07, 6.45) is 1.44. The van der Waals surface area contributed by atoms with E-state index in [1.165, 1.54) is 0 Å². The van der Waals surface area contributed by atoms with Gasteiger partial charge in [-0.2, -0.15) is 0 Å². The zero-order valence-corrected chi connectivity index (χ0v) is 15.9. The minimum Gasteiger partial charge on any atom is -0.397 e. The van der Waals surface area contributed by atoms with Crippen LogP contribution in [0.4, 0.5) is 5.69 Å². The molecule has 0 bridgehead atoms. The molecule has 0 aliphatic rings. The van der Waals surface area contributed by atoms with Crippen molar-refractivity contribution >= 4 is 22.8 Å². The number of hydrogen-bond acceptors (Lipinski definition) is 5. The van der Waals surface area contributed by atoms with E-state index in [0.717, 1.165) is 18.0 Å². The normalized spacial score (nSPS) is 12.5. The van der Waals surface area contributed by atoms with Gasteiger partial charge in [0.2, 0.25) is 0 Å². The second-order valence-electron chi connectivity index (χ2n) is 5.28. The lowest BCUT2D eigenvalue weighted by Crippen LogP contribution is -2.56. The molecule has 1 aromatic carbocycles. The van der Waals surface area contributed by atoms with Crippen molar-refractivity contribution in [1.82, 2.24) is 0 Å². The zero-order chi connectivity index (χ0) is 15.9. The summed E-state index contributed by atoms with van der Waals surface area (Å²) in [7, 11) is 2.38. The van der Waals surface area contributed by atoms with Crippen LogP contribution in [0.15, 0.2) is 30.3 Å². The number of anilines is 1. The topological polar surface area (TPSA) is 40.2 Å². The third-order valence-electron chi connectivity index (χ3n) is 3.80. The molecular weight excluding hydrogens is 302 g/mol. The Balaban J connectivity index is 3.01. The van der Waals surface area contributed by atoms with E-state index in [9.17, 15) is 0 Å². The van der Waals surface area contributed by atoms with Crippen molar-refractivity contribution in [2.24, 2.45) is 0 Å². The van der Waals surface area contributed by atoms with Crippen LogP contribution in [0.3, 0.4) is 0 Å². The van der Waals surface area contributed by atoms with E-state index >= 15 is 0 Å². The molecule has 21 heavy (non-hydrogen) atoms. The Labute approximate surface area is 130 Å². The van der Waals surface area contributed by atoms with E-state index in [1.54, 1.807) is 28.4 Å². The predicted molar refractivity (Wildman–Crippen MR) is 89.9 cm³/mol. The van der Waals surface area contributed by atoms with Crippen molar-refractivity contribution < 1.29 is 17.7 Å². The van der Waals surface area contributed by atoms with Gasteiger partial charge in [0.15, 0.2) is 0 Å². The molecule has 5 nitrogen and oxygen atoms in total. The van der Waals surface area contributed by atoms with Crippen molar-refractivity contribution in [3.63, 3.8) is 0 Å². The Hall–Kier alpha value is -0.706. The van der Waals surface area contributed by atoms with Gasteiger partial charge in [-0.3, -0.25) is 0 Å². The summed E-state index contributed by atoms with van der Waals surface area (Å²) in [4.78, 5) is 2.25. The SMILES string of the molecule is CO[Si](C)(CN(C[Si](C)(OC)OC)c1ccccc1)OC. The van der Waals surface area contributed by atoms with Gasteiger partial charge in [-0.1, -0.05) is 18.2 Å². The molecule has 0 radical (unpaired) electrons. The molecule has 120 valence electrons. The van der Waals surface area contributed by atoms with Crippen LogP contribution in [0.25, 0.3) is 0 Å². The van der Waals surface area contributed by atoms with Gasteiger partial charge in [-0.05, 0) is 25.2 Å². The van der Waals surface area contributed by atoms with E-state index < -0.39 is 17.1 Å². The molecule has 0 aliphatic carbocycles. The first-order chi connectivity index (χ1) is 9.92. The van der Waals surface area contributed by atoms with E-state index in [1.807, 2.05) is 18.2 Å². The highest BCUT2D eigenvalue weighted by atomic mass is 28.4. The molecule has 7 heteroatoms. The van der Waals surface area contributed by atoms with Gasteiger partial charge < -0.3 is 22.6 Å². The minimum absolute atomic E-state index is 0.722. The summed E-state index contributed by atoms with van der Waals surface area (Å²) in [6.45, 7) is 4.11. The van der Waals surface area contributed by atoms with Gasteiger partial charge >= 0.3 is 17.1 Å². The summed E-state index contributed by atoms with van der Waals surface area (Å²) in [6, 6.07) is 10.2. The maximum atomic E-state index is 5.63. The maximum Gasteiger partial charge on any atom is 0.354 e. The van der Waals surface area contributed by atoms with Crippen molar-refractivity contribution in [1.29, 1.82) is 0 Å². The molecule has 0 heterocycles. The Morgan fingerprint density at radius 1 is 0.762 bits per heavy atom. The molecule has 0 saturated heterocycles. The molecule has 1 aromatic rings. The third kappa shape index (κ3) is 5.21. The van der Waals surface area contributed by atoms with Crippen LogP contribution in [0, 0.1) is 0 Å². The molecule has 0 atom stereocenters. The van der Waals surface area contributed by atoms with Crippen molar-refractivity contribution in [2.45, 2.75) is 13.1 Å². The summed E-state index contributed by atoms with van der Waals surface area (Å²) in [5, 5.41) is 0. The summed E-state index contributed by atoms with van der Waals surface area (Å²) >= 11 is 0. The largest absolute Gasteiger partial charge is 0.397 e. The summed E-state index contributed by atoms with van der Waals surface area (Å²) < 4.78 is 22.5. The summed E-state index contributed by atoms with van der Waals surface area (Å²) in [5.41, 5.74) is 1.12. The van der Waals surface area contributed by atoms with Gasteiger partial charge in [0.25, 0.3) is 0 Å². The quantitative estimate of drug-likeness (QED) is 0.650. The van der Waals surface area contributed by atoms with Crippen LogP contribution >= 0.6 is 0 Å². The number of rotatable bonds is 9. The summed E-state index contributed by atoms with van der Waals surface area (Å²) in [5.74, 6) is 0. The van der Waals surface area contributed by atoms with Crippen LogP contribution < -0.4 is 4.90 Å². The van der Waals surface area contributed by atoms with Crippen LogP contribution in [0.2, 0.25) is 13.1 Å². The lowest BCUT2D eigenvalue weighted by Gasteiger charge is -2.36. The standard InChI is InChI=1S/C14H27NO4Si2/c1-16-20(5,17-2)12-15(13-21(6,18-3)19-4)14-10-8-7-9-11-14/h7-11H,12-13H2,1-6H3. The molecule has 0 aliphatic heterocycles. The molecule has 0 amide bonds. The van der Waals surface area contributed by atoms with Crippen LogP contribution in [-0.4, -0.2) is 57.9 Å². The average Bonchev–Trinajstić information content (AvgIpc) is 2.54. The minimum atomic E-state index is -2.23. The van der Waals surface area contributed by atoms with Crippen LogP contribution in [0.5, 0.6) is 0 Å². The molecule has 0 N–H and O–H groups in total. The highest BCUT2D eigenvalue weighted by Crippen LogP contribution is 2.20. The zero-order valence-electron chi connectivity index (χ0n) is 13.9. The fraction of sp³-hybridized carbons (Fsp3) is 0.571. The first kappa shape index (κ1) is 18.3. The maximum absolute atomic E-state index is 5.63. The molecular formula is C14H27NO4Si2. The van der Waals surface area contributed by atoms with E-state index in [4.69, 9.17) is 17.7 Å². The third-order valence-corrected chi connectivity index (χ3v) is 9.17. The number of para-hydroxylation sites is 1. The van der Waals surface area contributed by atoms with Gasteiger partial charge in [-0.25, -0.2) is 0 Å². The van der Waals surface area contributed by atoms with Gasteiger partial charge in [-0.15, -0.1) is 0 Å². The Morgan fingerprint density at radius 3 is 1.48 bits per heavy atom. The Bertz CT molecular complexity index is 391. The lowest BCUT2D eigenvalue weighted by molar-refractivity contribution is 0.243. The van der Waals surface area contributed by atoms with Gasteiger partial charge in [0.1, 0.15) is 0 Å². The highest BCUT2D eigenvalue weighted by molar-refractivity contribution is 6.68. The highest BCUT2D eigenvalue weighted by Gasteiger charge is 2.37. The Kier molecular flexibility index (Phi) is 7.05. The first-order valence-corrected chi connectivity index (χ1v) is 12.0. The molecule has 0 spiro atoms. The van der Waals surface area contributed by atoms with E-state index in [0.29, 0.717) is 0 Å². The van der Waals surface area contributed by atoms with E-state index in [-0.39, 0.29) is 0 Å². The fourth-order valence-electron chi connectivity index (χ4n) is 2.00. The predicted octanol–water partition coefficient (Wildman–Crippen LogP) is 2.30. The molecule has 0 aromatic heterocycles. The fourth-order valence-corrected chi connectivity index (χ4v) is 5.04. The van der Waals surface area contributed by atoms with Gasteiger partial charge in [0.05, 0.1) is 12.3 Å². The van der Waals surface area contributed by atoms with Crippen molar-refractivity contribution in [2.75, 3.05) is 45.7 Å². The number of benzene rings is 1.